The summed E-state index contributed by atoms with van der Waals surface area (Å²) in [5.41, 5.74) is 5.97. The molecule has 0 spiro atoms. The van der Waals surface area contributed by atoms with Gasteiger partial charge in [0, 0.05) is 5.69 Å². The Morgan fingerprint density at radius 3 is 2.47 bits per heavy atom. The predicted molar refractivity (Wildman–Crippen MR) is 64.9 cm³/mol. The van der Waals surface area contributed by atoms with Crippen LogP contribution in [0.25, 0.3) is 0 Å². The lowest BCUT2D eigenvalue weighted by Crippen LogP contribution is -2.24. The number of alkyl halides is 3. The van der Waals surface area contributed by atoms with Crippen molar-refractivity contribution in [3.05, 3.63) is 24.3 Å². The predicted octanol–water partition coefficient (Wildman–Crippen LogP) is 1.69. The van der Waals surface area contributed by atoms with Gasteiger partial charge in [-0.3, -0.25) is 4.99 Å². The topological polar surface area (TPSA) is 79.9 Å². The molecule has 0 aliphatic carbocycles. The van der Waals surface area contributed by atoms with Crippen molar-refractivity contribution < 1.29 is 23.0 Å². The number of nitrogens with zero attached hydrogens (tertiary/aromatic N) is 1. The number of aliphatic hydroxyl groups is 1. The highest BCUT2D eigenvalue weighted by molar-refractivity contribution is 5.92. The molecule has 106 valence electrons. The first kappa shape index (κ1) is 15.1. The van der Waals surface area contributed by atoms with Crippen LogP contribution in [0.15, 0.2) is 29.3 Å². The third kappa shape index (κ3) is 6.51. The van der Waals surface area contributed by atoms with Gasteiger partial charge >= 0.3 is 6.36 Å². The zero-order chi connectivity index (χ0) is 14.5. The van der Waals surface area contributed by atoms with E-state index in [0.717, 1.165) is 12.1 Å². The minimum Gasteiger partial charge on any atom is -0.406 e. The molecule has 1 aromatic carbocycles. The quantitative estimate of drug-likeness (QED) is 0.578. The summed E-state index contributed by atoms with van der Waals surface area (Å²) < 4.78 is 39.5. The van der Waals surface area contributed by atoms with Gasteiger partial charge in [-0.2, -0.15) is 0 Å². The molecule has 0 aliphatic rings. The monoisotopic (exact) mass is 277 g/mol. The Bertz CT molecular complexity index is 430. The molecule has 1 rings (SSSR count). The van der Waals surface area contributed by atoms with E-state index in [1.807, 2.05) is 0 Å². The molecule has 19 heavy (non-hydrogen) atoms. The second-order valence-corrected chi connectivity index (χ2v) is 3.77. The van der Waals surface area contributed by atoms with E-state index < -0.39 is 12.5 Å². The van der Waals surface area contributed by atoms with Crippen LogP contribution < -0.4 is 15.8 Å². The molecule has 1 atom stereocenters. The van der Waals surface area contributed by atoms with Gasteiger partial charge in [0.05, 0.1) is 12.6 Å². The van der Waals surface area contributed by atoms with Gasteiger partial charge in [-0.05, 0) is 31.2 Å². The first-order valence-electron chi connectivity index (χ1n) is 5.37. The molecule has 0 aliphatic heterocycles. The molecule has 4 N–H and O–H groups in total. The Hall–Kier alpha value is -1.96. The van der Waals surface area contributed by atoms with Crippen LogP contribution in [-0.2, 0) is 0 Å². The standard InChI is InChI=1S/C11H14F3N3O2/c1-7(18)6-16-10(15)17-8-2-4-9(5-3-8)19-11(12,13)14/h2-5,7,18H,6H2,1H3,(H3,15,16,17). The van der Waals surface area contributed by atoms with Gasteiger partial charge in [0.25, 0.3) is 0 Å². The number of benzene rings is 1. The molecule has 0 bridgehead atoms. The van der Waals surface area contributed by atoms with E-state index in [4.69, 9.17) is 10.8 Å². The maximum absolute atomic E-state index is 11.9. The van der Waals surface area contributed by atoms with Crippen molar-refractivity contribution >= 4 is 11.6 Å². The smallest absolute Gasteiger partial charge is 0.406 e. The van der Waals surface area contributed by atoms with Gasteiger partial charge in [-0.25, -0.2) is 0 Å². The zero-order valence-corrected chi connectivity index (χ0v) is 10.1. The van der Waals surface area contributed by atoms with Gasteiger partial charge in [-0.1, -0.05) is 0 Å². The van der Waals surface area contributed by atoms with Gasteiger partial charge in [0.2, 0.25) is 0 Å². The van der Waals surface area contributed by atoms with E-state index in [9.17, 15) is 13.2 Å². The number of ether oxygens (including phenoxy) is 1. The number of rotatable bonds is 4. The lowest BCUT2D eigenvalue weighted by Gasteiger charge is -2.10. The minimum atomic E-state index is -4.72. The van der Waals surface area contributed by atoms with Crippen molar-refractivity contribution in [1.82, 2.24) is 0 Å². The van der Waals surface area contributed by atoms with Crippen LogP contribution >= 0.6 is 0 Å². The molecule has 0 amide bonds. The highest BCUT2D eigenvalue weighted by atomic mass is 19.4. The normalized spacial score (nSPS) is 14.1. The Morgan fingerprint density at radius 1 is 1.42 bits per heavy atom. The Morgan fingerprint density at radius 2 is 2.00 bits per heavy atom. The van der Waals surface area contributed by atoms with Crippen molar-refractivity contribution in [1.29, 1.82) is 0 Å². The molecule has 0 saturated carbocycles. The number of hydrogen-bond acceptors (Lipinski definition) is 3. The van der Waals surface area contributed by atoms with Gasteiger partial charge in [0.1, 0.15) is 5.75 Å². The van der Waals surface area contributed by atoms with Crippen LogP contribution in [0.5, 0.6) is 5.75 Å². The molecule has 0 saturated heterocycles. The fourth-order valence-corrected chi connectivity index (χ4v) is 1.16. The highest BCUT2D eigenvalue weighted by Crippen LogP contribution is 2.23. The summed E-state index contributed by atoms with van der Waals surface area (Å²) in [6.45, 7) is 1.69. The Labute approximate surface area is 107 Å². The summed E-state index contributed by atoms with van der Waals surface area (Å²) in [6, 6.07) is 5.03. The van der Waals surface area contributed by atoms with Gasteiger partial charge in [-0.15, -0.1) is 13.2 Å². The molecule has 0 aromatic heterocycles. The van der Waals surface area contributed by atoms with Crippen molar-refractivity contribution in [2.75, 3.05) is 11.9 Å². The van der Waals surface area contributed by atoms with Crippen molar-refractivity contribution in [3.63, 3.8) is 0 Å². The van der Waals surface area contributed by atoms with Crippen LogP contribution in [0, 0.1) is 0 Å². The molecule has 0 fully saturated rings. The first-order chi connectivity index (χ1) is 8.76. The molecular formula is C11H14F3N3O2. The molecular weight excluding hydrogens is 263 g/mol. The number of aliphatic hydroxyl groups excluding tert-OH is 1. The van der Waals surface area contributed by atoms with Crippen molar-refractivity contribution in [3.8, 4) is 5.75 Å². The van der Waals surface area contributed by atoms with Gasteiger partial charge in [0.15, 0.2) is 5.96 Å². The van der Waals surface area contributed by atoms with E-state index in [-0.39, 0.29) is 18.3 Å². The lowest BCUT2D eigenvalue weighted by molar-refractivity contribution is -0.274. The molecule has 0 heterocycles. The van der Waals surface area contributed by atoms with Crippen molar-refractivity contribution in [2.24, 2.45) is 10.7 Å². The third-order valence-corrected chi connectivity index (χ3v) is 1.89. The summed E-state index contributed by atoms with van der Waals surface area (Å²) in [6.07, 6.45) is -5.34. The summed E-state index contributed by atoms with van der Waals surface area (Å²) in [5.74, 6) is -0.261. The number of hydrogen-bond donors (Lipinski definition) is 3. The fraction of sp³-hybridized carbons (Fsp3) is 0.364. The maximum Gasteiger partial charge on any atom is 0.573 e. The number of guanidine groups is 1. The van der Waals surface area contributed by atoms with E-state index >= 15 is 0 Å². The van der Waals surface area contributed by atoms with Crippen LogP contribution in [0.2, 0.25) is 0 Å². The fourth-order valence-electron chi connectivity index (χ4n) is 1.16. The first-order valence-corrected chi connectivity index (χ1v) is 5.37. The maximum atomic E-state index is 11.9. The lowest BCUT2D eigenvalue weighted by atomic mass is 10.3. The third-order valence-electron chi connectivity index (χ3n) is 1.89. The molecule has 1 aromatic rings. The van der Waals surface area contributed by atoms with Crippen LogP contribution in [0.3, 0.4) is 0 Å². The Kier molecular flexibility index (Phi) is 4.99. The highest BCUT2D eigenvalue weighted by Gasteiger charge is 2.30. The van der Waals surface area contributed by atoms with E-state index in [0.29, 0.717) is 5.69 Å². The van der Waals surface area contributed by atoms with Crippen LogP contribution in [0.4, 0.5) is 18.9 Å². The number of anilines is 1. The number of nitrogens with one attached hydrogen (secondary N) is 1. The number of nitrogens with two attached hydrogens (primary N) is 1. The summed E-state index contributed by atoms with van der Waals surface area (Å²) in [5, 5.41) is 11.7. The molecule has 5 nitrogen and oxygen atoms in total. The second-order valence-electron chi connectivity index (χ2n) is 3.77. The Balaban J connectivity index is 2.59. The second kappa shape index (κ2) is 6.28. The van der Waals surface area contributed by atoms with Crippen molar-refractivity contribution in [2.45, 2.75) is 19.4 Å². The van der Waals surface area contributed by atoms with Crippen LogP contribution in [0.1, 0.15) is 6.92 Å². The SMILES string of the molecule is CC(O)CN=C(N)Nc1ccc(OC(F)(F)F)cc1. The average Bonchev–Trinajstić information content (AvgIpc) is 2.27. The van der Waals surface area contributed by atoms with Crippen LogP contribution in [-0.4, -0.2) is 30.1 Å². The minimum absolute atomic E-state index is 0.0605. The molecule has 8 heteroatoms. The summed E-state index contributed by atoms with van der Waals surface area (Å²) in [4.78, 5) is 3.82. The number of aliphatic imine (C=N–C) groups is 1. The van der Waals surface area contributed by atoms with E-state index in [1.165, 1.54) is 12.1 Å². The largest absolute Gasteiger partial charge is 0.573 e. The summed E-state index contributed by atoms with van der Waals surface area (Å²) >= 11 is 0. The van der Waals surface area contributed by atoms with E-state index in [2.05, 4.69) is 15.0 Å². The summed E-state index contributed by atoms with van der Waals surface area (Å²) in [7, 11) is 0. The molecule has 1 unspecified atom stereocenters. The average molecular weight is 277 g/mol. The zero-order valence-electron chi connectivity index (χ0n) is 10.1. The molecule has 0 radical (unpaired) electrons. The van der Waals surface area contributed by atoms with E-state index in [1.54, 1.807) is 6.92 Å². The number of halogens is 3. The van der Waals surface area contributed by atoms with Gasteiger partial charge < -0.3 is 20.9 Å².